The molecular weight excluding hydrogens is 231 g/mol. The molecule has 0 fully saturated rings. The van der Waals surface area contributed by atoms with Gasteiger partial charge in [0.05, 0.1) is 0 Å². The van der Waals surface area contributed by atoms with Crippen molar-refractivity contribution in [3.63, 3.8) is 0 Å². The number of unbranched alkanes of at least 4 members (excludes halogenated alkanes) is 2. The van der Waals surface area contributed by atoms with Gasteiger partial charge in [-0.2, -0.15) is 13.8 Å². The molecule has 0 amide bonds. The van der Waals surface area contributed by atoms with Crippen molar-refractivity contribution in [3.05, 3.63) is 13.8 Å². The topological polar surface area (TPSA) is 20.2 Å². The van der Waals surface area contributed by atoms with E-state index >= 15 is 0 Å². The fraction of sp³-hybridized carbons (Fsp3) is 0.778. The summed E-state index contributed by atoms with van der Waals surface area (Å²) >= 11 is 0. The van der Waals surface area contributed by atoms with Crippen molar-refractivity contribution in [3.8, 4) is 0 Å². The summed E-state index contributed by atoms with van der Waals surface area (Å²) in [6, 6.07) is 0. The third-order valence-corrected chi connectivity index (χ3v) is 0.762. The molecule has 0 radical (unpaired) electrons. The van der Waals surface area contributed by atoms with E-state index in [9.17, 15) is 0 Å². The second kappa shape index (κ2) is 46.0. The Morgan fingerprint density at radius 2 is 1.36 bits per heavy atom. The summed E-state index contributed by atoms with van der Waals surface area (Å²) in [7, 11) is 0. The molecule has 0 aliphatic rings. The van der Waals surface area contributed by atoms with Crippen LogP contribution in [0.4, 0.5) is 0 Å². The monoisotopic (exact) mass is 252 g/mol. The Hall–Kier alpha value is 0.622. The first-order chi connectivity index (χ1) is 4.91. The fourth-order valence-electron chi connectivity index (χ4n) is 0.362. The van der Waals surface area contributed by atoms with Crippen molar-refractivity contribution in [1.29, 1.82) is 0 Å². The molecule has 0 aliphatic heterocycles. The molecule has 2 heteroatoms. The first-order valence-electron chi connectivity index (χ1n) is 3.94. The zero-order valence-corrected chi connectivity index (χ0v) is 9.56. The number of aliphatic hydroxyl groups is 1. The Bertz CT molecular complexity index is 21.5. The Balaban J connectivity index is -0.0000000428. The van der Waals surface area contributed by atoms with Crippen LogP contribution in [0.3, 0.4) is 0 Å². The minimum Gasteiger partial charge on any atom is -0.396 e. The van der Waals surface area contributed by atoms with Crippen LogP contribution in [0, 0.1) is 13.8 Å². The van der Waals surface area contributed by atoms with Crippen molar-refractivity contribution in [2.45, 2.75) is 40.0 Å². The molecule has 0 spiro atoms. The molecule has 0 atom stereocenters. The van der Waals surface area contributed by atoms with E-state index in [-0.39, 0.29) is 20.4 Å². The molecule has 0 unspecified atom stereocenters. The van der Waals surface area contributed by atoms with E-state index in [0.29, 0.717) is 6.61 Å². The van der Waals surface area contributed by atoms with Crippen molar-refractivity contribution in [2.75, 3.05) is 6.61 Å². The van der Waals surface area contributed by atoms with Crippen molar-refractivity contribution < 1.29 is 25.5 Å². The SMILES string of the molecule is CCCCCO.[CH2-]C.[CH2-]C.[Pd+2]. The van der Waals surface area contributed by atoms with Crippen LogP contribution < -0.4 is 0 Å². The van der Waals surface area contributed by atoms with Gasteiger partial charge in [0, 0.05) is 6.61 Å². The molecule has 0 bridgehead atoms. The zero-order chi connectivity index (χ0) is 8.83. The maximum Gasteiger partial charge on any atom is 2.00 e. The van der Waals surface area contributed by atoms with E-state index in [1.54, 1.807) is 13.8 Å². The first-order valence-corrected chi connectivity index (χ1v) is 3.94. The molecule has 0 saturated carbocycles. The van der Waals surface area contributed by atoms with Crippen molar-refractivity contribution in [2.24, 2.45) is 0 Å². The van der Waals surface area contributed by atoms with Crippen LogP contribution >= 0.6 is 0 Å². The second-order valence-corrected chi connectivity index (χ2v) is 1.43. The van der Waals surface area contributed by atoms with E-state index < -0.39 is 0 Å². The smallest absolute Gasteiger partial charge is 0.396 e. The maximum absolute atomic E-state index is 8.20. The molecular formula is C9H22OPd. The van der Waals surface area contributed by atoms with Gasteiger partial charge in [-0.25, -0.2) is 0 Å². The van der Waals surface area contributed by atoms with Crippen molar-refractivity contribution >= 4 is 0 Å². The Kier molecular flexibility index (Phi) is 94.5. The standard InChI is InChI=1S/C5H12O.2C2H5.Pd/c1-2-3-4-5-6;2*1-2;/h6H,2-5H2,1H3;2*1H2,2H3;/q;2*-1;+2. The van der Waals surface area contributed by atoms with Gasteiger partial charge in [0.25, 0.3) is 0 Å². The van der Waals surface area contributed by atoms with E-state index in [4.69, 9.17) is 5.11 Å². The van der Waals surface area contributed by atoms with E-state index in [2.05, 4.69) is 20.8 Å². The number of aliphatic hydroxyl groups excluding tert-OH is 1. The summed E-state index contributed by atoms with van der Waals surface area (Å²) in [4.78, 5) is 0. The summed E-state index contributed by atoms with van der Waals surface area (Å²) in [5, 5.41) is 8.20. The van der Waals surface area contributed by atoms with Gasteiger partial charge in [-0.15, -0.1) is 0 Å². The molecule has 0 rings (SSSR count). The number of hydrogen-bond donors (Lipinski definition) is 1. The Labute approximate surface area is 86.2 Å². The first kappa shape index (κ1) is 22.6. The van der Waals surface area contributed by atoms with Gasteiger partial charge in [-0.05, 0) is 6.42 Å². The van der Waals surface area contributed by atoms with Gasteiger partial charge in [-0.1, -0.05) is 19.8 Å². The molecule has 11 heavy (non-hydrogen) atoms. The van der Waals surface area contributed by atoms with Gasteiger partial charge < -0.3 is 19.0 Å². The summed E-state index contributed by atoms with van der Waals surface area (Å²) in [6.45, 7) is 12.5. The molecule has 0 saturated heterocycles. The quantitative estimate of drug-likeness (QED) is 0.465. The van der Waals surface area contributed by atoms with E-state index in [0.717, 1.165) is 12.8 Å². The summed E-state index contributed by atoms with van der Waals surface area (Å²) in [5.74, 6) is 0. The average Bonchev–Trinajstić information content (AvgIpc) is 2.08. The third kappa shape index (κ3) is 60.2. The zero-order valence-electron chi connectivity index (χ0n) is 8.01. The van der Waals surface area contributed by atoms with Crippen LogP contribution in [0.1, 0.15) is 40.0 Å². The summed E-state index contributed by atoms with van der Waals surface area (Å²) < 4.78 is 0. The molecule has 0 aromatic rings. The predicted molar refractivity (Wildman–Crippen MR) is 48.7 cm³/mol. The number of hydrogen-bond acceptors (Lipinski definition) is 1. The van der Waals surface area contributed by atoms with Crippen LogP contribution in [0.15, 0.2) is 0 Å². The molecule has 1 nitrogen and oxygen atoms in total. The minimum absolute atomic E-state index is 0. The van der Waals surface area contributed by atoms with Crippen LogP contribution in [0.5, 0.6) is 0 Å². The van der Waals surface area contributed by atoms with E-state index in [1.165, 1.54) is 6.42 Å². The van der Waals surface area contributed by atoms with Gasteiger partial charge in [0.15, 0.2) is 0 Å². The molecule has 0 aromatic heterocycles. The Morgan fingerprint density at radius 1 is 1.00 bits per heavy atom. The van der Waals surface area contributed by atoms with Crippen LogP contribution in [-0.4, -0.2) is 11.7 Å². The normalized spacial score (nSPS) is 6.00. The van der Waals surface area contributed by atoms with Gasteiger partial charge in [0.1, 0.15) is 0 Å². The van der Waals surface area contributed by atoms with Crippen LogP contribution in [0.2, 0.25) is 0 Å². The molecule has 74 valence electrons. The second-order valence-electron chi connectivity index (χ2n) is 1.43. The van der Waals surface area contributed by atoms with Gasteiger partial charge in [0.2, 0.25) is 0 Å². The van der Waals surface area contributed by atoms with Crippen molar-refractivity contribution in [1.82, 2.24) is 0 Å². The largest absolute Gasteiger partial charge is 2.00 e. The summed E-state index contributed by atoms with van der Waals surface area (Å²) in [6.07, 6.45) is 3.33. The molecule has 0 heterocycles. The average molecular weight is 253 g/mol. The molecule has 1 N–H and O–H groups in total. The fourth-order valence-corrected chi connectivity index (χ4v) is 0.362. The number of rotatable bonds is 3. The van der Waals surface area contributed by atoms with Crippen LogP contribution in [-0.2, 0) is 20.4 Å². The third-order valence-electron chi connectivity index (χ3n) is 0.762. The van der Waals surface area contributed by atoms with Gasteiger partial charge in [-0.3, -0.25) is 0 Å². The molecule has 0 aromatic carbocycles. The predicted octanol–water partition coefficient (Wildman–Crippen LogP) is 2.85. The van der Waals surface area contributed by atoms with Crippen LogP contribution in [0.25, 0.3) is 0 Å². The van der Waals surface area contributed by atoms with E-state index in [1.807, 2.05) is 0 Å². The Morgan fingerprint density at radius 3 is 1.45 bits per heavy atom. The summed E-state index contributed by atoms with van der Waals surface area (Å²) in [5.41, 5.74) is 0. The minimum atomic E-state index is 0. The molecule has 0 aliphatic carbocycles. The maximum atomic E-state index is 8.20. The van der Waals surface area contributed by atoms with Gasteiger partial charge >= 0.3 is 20.4 Å².